The Morgan fingerprint density at radius 1 is 1.14 bits per heavy atom. The van der Waals surface area contributed by atoms with Gasteiger partial charge in [0, 0.05) is 11.6 Å². The van der Waals surface area contributed by atoms with E-state index in [9.17, 15) is 13.2 Å². The van der Waals surface area contributed by atoms with Crippen LogP contribution in [0.1, 0.15) is 0 Å². The van der Waals surface area contributed by atoms with E-state index in [2.05, 4.69) is 15.3 Å². The van der Waals surface area contributed by atoms with Crippen LogP contribution in [-0.4, -0.2) is 30.0 Å². The fraction of sp³-hybridized carbons (Fsp3) is 0.0556. The molecule has 7 nitrogen and oxygen atoms in total. The monoisotopic (exact) mass is 431 g/mol. The van der Waals surface area contributed by atoms with Gasteiger partial charge in [-0.2, -0.15) is 8.42 Å². The molecule has 0 saturated carbocycles. The second-order valence-corrected chi connectivity index (χ2v) is 9.35. The van der Waals surface area contributed by atoms with Gasteiger partial charge in [-0.05, 0) is 36.0 Å². The van der Waals surface area contributed by atoms with Gasteiger partial charge < -0.3 is 5.32 Å². The van der Waals surface area contributed by atoms with Crippen molar-refractivity contribution in [2.24, 2.45) is 0 Å². The van der Waals surface area contributed by atoms with E-state index in [1.165, 1.54) is 15.3 Å². The highest BCUT2D eigenvalue weighted by molar-refractivity contribution is 8.00. The Balaban J connectivity index is 1.69. The summed E-state index contributed by atoms with van der Waals surface area (Å²) >= 11 is 2.44. The predicted molar refractivity (Wildman–Crippen MR) is 109 cm³/mol. The predicted octanol–water partition coefficient (Wildman–Crippen LogP) is 2.88. The third kappa shape index (κ3) is 3.66. The lowest BCUT2D eigenvalue weighted by Gasteiger charge is -2.04. The van der Waals surface area contributed by atoms with Gasteiger partial charge in [0.05, 0.1) is 5.75 Å². The number of amides is 1. The fourth-order valence-electron chi connectivity index (χ4n) is 2.64. The topological polar surface area (TPSA) is 95.8 Å². The number of rotatable bonds is 6. The van der Waals surface area contributed by atoms with Crippen LogP contribution < -0.4 is 9.29 Å². The van der Waals surface area contributed by atoms with E-state index in [-0.39, 0.29) is 16.6 Å². The average molecular weight is 432 g/mol. The van der Waals surface area contributed by atoms with Gasteiger partial charge in [-0.1, -0.05) is 30.3 Å². The van der Waals surface area contributed by atoms with Crippen LogP contribution in [0.4, 0.5) is 5.13 Å². The summed E-state index contributed by atoms with van der Waals surface area (Å²) in [5, 5.41) is 5.32. The smallest absolute Gasteiger partial charge is 0.301 e. The summed E-state index contributed by atoms with van der Waals surface area (Å²) < 4.78 is 27.8. The number of carbonyl (C=O) groups excluding carboxylic acids is 1. The van der Waals surface area contributed by atoms with Crippen LogP contribution in [0, 0.1) is 0 Å². The molecule has 0 spiro atoms. The van der Waals surface area contributed by atoms with Crippen molar-refractivity contribution < 1.29 is 17.2 Å². The highest BCUT2D eigenvalue weighted by Crippen LogP contribution is 2.22. The van der Waals surface area contributed by atoms with Crippen LogP contribution in [0.2, 0.25) is 0 Å². The molecule has 2 aromatic carbocycles. The number of fused-ring (bicyclic) bond motifs is 1. The molecule has 0 aliphatic heterocycles. The maximum Gasteiger partial charge on any atom is 0.336 e. The number of nitrogens with one attached hydrogen (secondary N) is 2. The Labute approximate surface area is 169 Å². The number of nitrogens with zero attached hydrogens (tertiary/aromatic N) is 2. The first-order valence-electron chi connectivity index (χ1n) is 8.21. The van der Waals surface area contributed by atoms with E-state index in [1.807, 2.05) is 6.07 Å². The van der Waals surface area contributed by atoms with Crippen molar-refractivity contribution in [2.45, 2.75) is 10.1 Å². The number of para-hydroxylation sites is 2. The zero-order chi connectivity index (χ0) is 19.6. The molecule has 0 atom stereocenters. The molecule has 10 heteroatoms. The summed E-state index contributed by atoms with van der Waals surface area (Å²) in [5.41, 5.74) is 1.19. The molecule has 4 aromatic rings. The van der Waals surface area contributed by atoms with Crippen LogP contribution in [0.3, 0.4) is 0 Å². The highest BCUT2D eigenvalue weighted by Gasteiger charge is 2.31. The molecule has 0 radical (unpaired) electrons. The largest absolute Gasteiger partial charge is 0.336 e. The third-order valence-electron chi connectivity index (χ3n) is 3.85. The number of benzene rings is 2. The molecule has 4 rings (SSSR count). The first-order chi connectivity index (χ1) is 13.6. The van der Waals surface area contributed by atoms with E-state index in [4.69, 9.17) is 0 Å². The lowest BCUT2D eigenvalue weighted by Crippen LogP contribution is -2.44. The van der Waals surface area contributed by atoms with Crippen molar-refractivity contribution in [3.8, 4) is 0 Å². The summed E-state index contributed by atoms with van der Waals surface area (Å²) in [6.07, 6.45) is 1.60. The molecular formula is C18H15N4O3S3+. The maximum atomic E-state index is 13.3. The lowest BCUT2D eigenvalue weighted by atomic mass is 10.3. The van der Waals surface area contributed by atoms with Crippen LogP contribution in [0.25, 0.3) is 11.0 Å². The van der Waals surface area contributed by atoms with Crippen molar-refractivity contribution in [3.63, 3.8) is 0 Å². The highest BCUT2D eigenvalue weighted by atomic mass is 32.2. The number of aromatic amines is 1. The molecule has 0 unspecified atom stereocenters. The van der Waals surface area contributed by atoms with E-state index < -0.39 is 10.0 Å². The van der Waals surface area contributed by atoms with E-state index in [1.54, 1.807) is 60.1 Å². The van der Waals surface area contributed by atoms with Crippen LogP contribution in [0.5, 0.6) is 0 Å². The normalized spacial score (nSPS) is 11.6. The molecule has 0 fully saturated rings. The lowest BCUT2D eigenvalue weighted by molar-refractivity contribution is -0.526. The Bertz CT molecular complexity index is 1220. The molecule has 1 amide bonds. The Morgan fingerprint density at radius 2 is 1.89 bits per heavy atom. The number of thioether (sulfide) groups is 1. The van der Waals surface area contributed by atoms with E-state index in [0.717, 1.165) is 11.8 Å². The standard InChI is InChI=1S/C18H14N4O3S3/c23-16(21-17-19-10-11-26-17)12-27-18-20-14-8-4-5-9-15(14)22(18)28(24,25)13-6-2-1-3-7-13/h1-11H,12H2,(H,19,21,23)/p+1. The minimum Gasteiger partial charge on any atom is -0.301 e. The van der Waals surface area contributed by atoms with Crippen molar-refractivity contribution in [2.75, 3.05) is 11.1 Å². The fourth-order valence-corrected chi connectivity index (χ4v) is 5.77. The molecule has 0 saturated heterocycles. The van der Waals surface area contributed by atoms with Crippen molar-refractivity contribution in [3.05, 3.63) is 66.2 Å². The summed E-state index contributed by atoms with van der Waals surface area (Å²) in [7, 11) is -3.83. The molecule has 0 aliphatic rings. The molecule has 2 N–H and O–H groups in total. The minimum absolute atomic E-state index is 0.0384. The van der Waals surface area contributed by atoms with Gasteiger partial charge in [0.2, 0.25) is 5.91 Å². The molecule has 2 heterocycles. The van der Waals surface area contributed by atoms with Crippen molar-refractivity contribution in [1.29, 1.82) is 0 Å². The zero-order valence-electron chi connectivity index (χ0n) is 14.4. The molecule has 0 aliphatic carbocycles. The summed E-state index contributed by atoms with van der Waals surface area (Å²) in [5.74, 6) is -0.223. The van der Waals surface area contributed by atoms with Gasteiger partial charge in [-0.25, -0.2) is 9.97 Å². The van der Waals surface area contributed by atoms with Gasteiger partial charge in [0.25, 0.3) is 0 Å². The molecular weight excluding hydrogens is 416 g/mol. The first-order valence-corrected chi connectivity index (χ1v) is 11.5. The number of thiazole rings is 1. The number of aromatic nitrogens is 3. The number of hydrogen-bond donors (Lipinski definition) is 2. The Kier molecular flexibility index (Phi) is 5.16. The quantitative estimate of drug-likeness (QED) is 0.362. The van der Waals surface area contributed by atoms with Gasteiger partial charge in [-0.15, -0.1) is 15.3 Å². The van der Waals surface area contributed by atoms with Crippen LogP contribution in [-0.2, 0) is 14.8 Å². The summed E-state index contributed by atoms with van der Waals surface area (Å²) in [6.45, 7) is 0. The number of imidazole rings is 1. The third-order valence-corrected chi connectivity index (χ3v) is 7.35. The van der Waals surface area contributed by atoms with Crippen LogP contribution in [0.15, 0.2) is 76.2 Å². The minimum atomic E-state index is -3.83. The number of anilines is 1. The number of carbonyl (C=O) groups is 1. The summed E-state index contributed by atoms with van der Waals surface area (Å²) in [4.78, 5) is 19.5. The van der Waals surface area contributed by atoms with Gasteiger partial charge in [0.1, 0.15) is 4.90 Å². The molecule has 28 heavy (non-hydrogen) atoms. The van der Waals surface area contributed by atoms with E-state index in [0.29, 0.717) is 21.3 Å². The van der Waals surface area contributed by atoms with Gasteiger partial charge in [0.15, 0.2) is 16.2 Å². The van der Waals surface area contributed by atoms with Crippen molar-refractivity contribution >= 4 is 55.2 Å². The number of H-pyrrole nitrogens is 1. The number of hydrogen-bond acceptors (Lipinski definition) is 6. The van der Waals surface area contributed by atoms with Gasteiger partial charge >= 0.3 is 15.2 Å². The van der Waals surface area contributed by atoms with Gasteiger partial charge in [-0.3, -0.25) is 4.79 Å². The molecule has 0 bridgehead atoms. The second-order valence-electron chi connectivity index (χ2n) is 5.70. The Hall–Kier alpha value is -2.69. The second kappa shape index (κ2) is 7.74. The first kappa shape index (κ1) is 18.7. The average Bonchev–Trinajstić information content (AvgIpc) is 3.34. The Morgan fingerprint density at radius 3 is 2.64 bits per heavy atom. The SMILES string of the molecule is O=C(CSc1[nH]c2ccccc2[n+]1S(=O)(=O)c1ccccc1)Nc1nccs1. The summed E-state index contributed by atoms with van der Waals surface area (Å²) in [6, 6.07) is 15.3. The zero-order valence-corrected chi connectivity index (χ0v) is 16.9. The van der Waals surface area contributed by atoms with E-state index >= 15 is 0 Å². The maximum absolute atomic E-state index is 13.3. The molecule has 2 aromatic heterocycles. The van der Waals surface area contributed by atoms with Crippen LogP contribution >= 0.6 is 23.1 Å². The van der Waals surface area contributed by atoms with Crippen molar-refractivity contribution in [1.82, 2.24) is 9.97 Å². The molecule has 142 valence electrons.